The van der Waals surface area contributed by atoms with Gasteiger partial charge in [-0.3, -0.25) is 9.59 Å². The number of carbonyl (C=O) groups excluding carboxylic acids is 3. The number of hydrogen-bond donors (Lipinski definition) is 2. The van der Waals surface area contributed by atoms with Crippen molar-refractivity contribution in [2.45, 2.75) is 0 Å². The fourth-order valence-corrected chi connectivity index (χ4v) is 3.79. The molecule has 1 aromatic carbocycles. The number of carbonyl (C=O) groups is 3. The minimum Gasteiger partial charge on any atom is -0.445 e. The summed E-state index contributed by atoms with van der Waals surface area (Å²) in [5.74, 6) is -0.546. The van der Waals surface area contributed by atoms with Crippen LogP contribution in [0.5, 0.6) is 0 Å². The standard InChI is InChI=1S/C23H19N5O4S/c1-2-10-32-23(31)25-14-20(29)27-16-6-3-5-15(12-16)18-8-9-24-22-17(13-26-28(18)22)21(30)19-7-4-11-33-19/h2-9,11-13H,1,10,14H2,(H,25,31)(H,27,29). The molecule has 0 aliphatic heterocycles. The summed E-state index contributed by atoms with van der Waals surface area (Å²) in [6, 6.07) is 12.5. The van der Waals surface area contributed by atoms with Gasteiger partial charge in [-0.2, -0.15) is 5.10 Å². The molecule has 3 aromatic heterocycles. The number of hydrogen-bond acceptors (Lipinski definition) is 7. The summed E-state index contributed by atoms with van der Waals surface area (Å²) in [5, 5.41) is 11.3. The van der Waals surface area contributed by atoms with Crippen LogP contribution in [0.3, 0.4) is 0 Å². The number of benzene rings is 1. The third-order valence-corrected chi connectivity index (χ3v) is 5.43. The van der Waals surface area contributed by atoms with Crippen molar-refractivity contribution >= 4 is 40.5 Å². The molecule has 0 saturated carbocycles. The van der Waals surface area contributed by atoms with Crippen molar-refractivity contribution in [3.8, 4) is 11.3 Å². The average Bonchev–Trinajstić information content (AvgIpc) is 3.51. The molecule has 0 bridgehead atoms. The average molecular weight is 462 g/mol. The predicted octanol–water partition coefficient (Wildman–Crippen LogP) is 3.54. The molecule has 166 valence electrons. The van der Waals surface area contributed by atoms with E-state index < -0.39 is 12.0 Å². The first-order chi connectivity index (χ1) is 16.1. The number of thiophene rings is 1. The lowest BCUT2D eigenvalue weighted by molar-refractivity contribution is -0.115. The van der Waals surface area contributed by atoms with Crippen LogP contribution in [0.1, 0.15) is 15.2 Å². The van der Waals surface area contributed by atoms with E-state index in [0.29, 0.717) is 27.5 Å². The molecule has 0 atom stereocenters. The van der Waals surface area contributed by atoms with E-state index in [1.165, 1.54) is 23.6 Å². The molecule has 0 saturated heterocycles. The second-order valence-electron chi connectivity index (χ2n) is 6.80. The number of rotatable bonds is 8. The summed E-state index contributed by atoms with van der Waals surface area (Å²) in [6.45, 7) is 3.26. The van der Waals surface area contributed by atoms with Gasteiger partial charge in [-0.1, -0.05) is 30.9 Å². The first kappa shape index (κ1) is 21.9. The summed E-state index contributed by atoms with van der Waals surface area (Å²) in [5.41, 5.74) is 2.86. The van der Waals surface area contributed by atoms with Gasteiger partial charge in [0.2, 0.25) is 11.7 Å². The Morgan fingerprint density at radius 2 is 2.06 bits per heavy atom. The van der Waals surface area contributed by atoms with Crippen LogP contribution in [0.25, 0.3) is 16.9 Å². The van der Waals surface area contributed by atoms with Crippen LogP contribution in [0.4, 0.5) is 10.5 Å². The fraction of sp³-hybridized carbons (Fsp3) is 0.0870. The summed E-state index contributed by atoms with van der Waals surface area (Å²) < 4.78 is 6.36. The lowest BCUT2D eigenvalue weighted by Crippen LogP contribution is -2.33. The molecule has 33 heavy (non-hydrogen) atoms. The van der Waals surface area contributed by atoms with Crippen LogP contribution in [-0.4, -0.2) is 45.5 Å². The lowest BCUT2D eigenvalue weighted by atomic mass is 10.1. The molecule has 10 heteroatoms. The zero-order valence-corrected chi connectivity index (χ0v) is 18.2. The van der Waals surface area contributed by atoms with E-state index in [0.717, 1.165) is 5.56 Å². The number of anilines is 1. The van der Waals surface area contributed by atoms with Gasteiger partial charge < -0.3 is 15.4 Å². The van der Waals surface area contributed by atoms with Gasteiger partial charge in [0.05, 0.1) is 22.3 Å². The van der Waals surface area contributed by atoms with Crippen molar-refractivity contribution in [2.24, 2.45) is 0 Å². The number of ketones is 1. The number of nitrogens with zero attached hydrogens (tertiary/aromatic N) is 3. The van der Waals surface area contributed by atoms with Crippen molar-refractivity contribution in [3.63, 3.8) is 0 Å². The Labute approximate surface area is 192 Å². The van der Waals surface area contributed by atoms with Gasteiger partial charge in [-0.15, -0.1) is 11.3 Å². The largest absolute Gasteiger partial charge is 0.445 e. The highest BCUT2D eigenvalue weighted by atomic mass is 32.1. The highest BCUT2D eigenvalue weighted by Crippen LogP contribution is 2.25. The number of amides is 2. The Hall–Kier alpha value is -4.31. The molecule has 0 radical (unpaired) electrons. The summed E-state index contributed by atoms with van der Waals surface area (Å²) in [4.78, 5) is 41.4. The van der Waals surface area contributed by atoms with Crippen molar-refractivity contribution in [3.05, 3.63) is 83.3 Å². The van der Waals surface area contributed by atoms with Crippen molar-refractivity contribution < 1.29 is 19.1 Å². The molecular formula is C23H19N5O4S. The Morgan fingerprint density at radius 3 is 2.85 bits per heavy atom. The third-order valence-electron chi connectivity index (χ3n) is 4.56. The van der Waals surface area contributed by atoms with Gasteiger partial charge in [-0.05, 0) is 29.6 Å². The molecule has 0 aliphatic carbocycles. The Bertz CT molecular complexity index is 1330. The summed E-state index contributed by atoms with van der Waals surface area (Å²) >= 11 is 1.36. The molecule has 2 amide bonds. The van der Waals surface area contributed by atoms with E-state index in [2.05, 4.69) is 27.3 Å². The van der Waals surface area contributed by atoms with E-state index >= 15 is 0 Å². The topological polar surface area (TPSA) is 115 Å². The molecule has 0 fully saturated rings. The highest BCUT2D eigenvalue weighted by Gasteiger charge is 2.18. The second kappa shape index (κ2) is 9.88. The van der Waals surface area contributed by atoms with E-state index in [-0.39, 0.29) is 18.9 Å². The summed E-state index contributed by atoms with van der Waals surface area (Å²) in [7, 11) is 0. The van der Waals surface area contributed by atoms with Gasteiger partial charge >= 0.3 is 6.09 Å². The Morgan fingerprint density at radius 1 is 1.18 bits per heavy atom. The molecule has 2 N–H and O–H groups in total. The molecule has 4 rings (SSSR count). The smallest absolute Gasteiger partial charge is 0.407 e. The molecule has 0 unspecified atom stereocenters. The zero-order valence-electron chi connectivity index (χ0n) is 17.4. The molecule has 9 nitrogen and oxygen atoms in total. The minimum atomic E-state index is -0.704. The van der Waals surface area contributed by atoms with Gasteiger partial charge in [-0.25, -0.2) is 14.3 Å². The second-order valence-corrected chi connectivity index (χ2v) is 7.75. The van der Waals surface area contributed by atoms with Crippen LogP contribution in [0.15, 0.2) is 72.9 Å². The predicted molar refractivity (Wildman–Crippen MR) is 124 cm³/mol. The Kier molecular flexibility index (Phi) is 6.56. The molecule has 4 aromatic rings. The maximum absolute atomic E-state index is 12.8. The van der Waals surface area contributed by atoms with E-state index in [9.17, 15) is 14.4 Å². The van der Waals surface area contributed by atoms with E-state index in [1.807, 2.05) is 17.5 Å². The minimum absolute atomic E-state index is 0.0595. The van der Waals surface area contributed by atoms with E-state index in [1.54, 1.807) is 41.0 Å². The monoisotopic (exact) mass is 461 g/mol. The molecular weight excluding hydrogens is 442 g/mol. The van der Waals surface area contributed by atoms with Gasteiger partial charge in [0.1, 0.15) is 13.2 Å². The number of ether oxygens (including phenoxy) is 1. The quantitative estimate of drug-likeness (QED) is 0.306. The Balaban J connectivity index is 1.53. The van der Waals surface area contributed by atoms with Crippen LogP contribution in [-0.2, 0) is 9.53 Å². The molecule has 0 aliphatic rings. The van der Waals surface area contributed by atoms with Gasteiger partial charge in [0, 0.05) is 17.4 Å². The van der Waals surface area contributed by atoms with Crippen LogP contribution in [0, 0.1) is 0 Å². The number of alkyl carbamates (subject to hydrolysis) is 1. The lowest BCUT2D eigenvalue weighted by Gasteiger charge is -2.09. The van der Waals surface area contributed by atoms with Crippen LogP contribution >= 0.6 is 11.3 Å². The number of fused-ring (bicyclic) bond motifs is 1. The van der Waals surface area contributed by atoms with Crippen molar-refractivity contribution in [2.75, 3.05) is 18.5 Å². The van der Waals surface area contributed by atoms with E-state index in [4.69, 9.17) is 4.74 Å². The molecule has 3 heterocycles. The summed E-state index contributed by atoms with van der Waals surface area (Å²) in [6.07, 6.45) is 3.85. The SMILES string of the molecule is C=CCOC(=O)NCC(=O)Nc1cccc(-c2ccnc3c(C(=O)c4cccs4)cnn23)c1. The first-order valence-electron chi connectivity index (χ1n) is 9.89. The first-order valence-corrected chi connectivity index (χ1v) is 10.8. The van der Waals surface area contributed by atoms with Crippen molar-refractivity contribution in [1.29, 1.82) is 0 Å². The number of aromatic nitrogens is 3. The highest BCUT2D eigenvalue weighted by molar-refractivity contribution is 7.12. The van der Waals surface area contributed by atoms with Crippen LogP contribution < -0.4 is 10.6 Å². The van der Waals surface area contributed by atoms with Gasteiger partial charge in [0.15, 0.2) is 5.65 Å². The fourth-order valence-electron chi connectivity index (χ4n) is 3.11. The van der Waals surface area contributed by atoms with Gasteiger partial charge in [0.25, 0.3) is 0 Å². The third kappa shape index (κ3) is 4.96. The number of nitrogens with one attached hydrogen (secondary N) is 2. The maximum atomic E-state index is 12.8. The van der Waals surface area contributed by atoms with Crippen molar-refractivity contribution in [1.82, 2.24) is 19.9 Å². The maximum Gasteiger partial charge on any atom is 0.407 e. The van der Waals surface area contributed by atoms with Crippen LogP contribution in [0.2, 0.25) is 0 Å². The normalized spacial score (nSPS) is 10.5. The zero-order chi connectivity index (χ0) is 23.2. The molecule has 0 spiro atoms.